The van der Waals surface area contributed by atoms with Crippen LogP contribution in [0.15, 0.2) is 39.4 Å². The first kappa shape index (κ1) is 15.8. The number of carbonyl (C=O) groups is 2. The third-order valence-corrected chi connectivity index (χ3v) is 4.30. The zero-order valence-electron chi connectivity index (χ0n) is 12.8. The Morgan fingerprint density at radius 2 is 2.09 bits per heavy atom. The number of anilines is 2. The molecule has 1 aliphatic heterocycles. The minimum atomic E-state index is -0.324. The lowest BCUT2D eigenvalue weighted by atomic mass is 10.1. The van der Waals surface area contributed by atoms with Crippen molar-refractivity contribution in [2.45, 2.75) is 26.2 Å². The van der Waals surface area contributed by atoms with Gasteiger partial charge < -0.3 is 14.6 Å². The molecule has 1 saturated heterocycles. The highest BCUT2D eigenvalue weighted by molar-refractivity contribution is 9.10. The second-order valence-corrected chi connectivity index (χ2v) is 6.34. The molecule has 0 atom stereocenters. The Labute approximate surface area is 142 Å². The zero-order valence-corrected chi connectivity index (χ0v) is 14.4. The van der Waals surface area contributed by atoms with Crippen LogP contribution in [0.1, 0.15) is 35.4 Å². The predicted octanol–water partition coefficient (Wildman–Crippen LogP) is 4.12. The summed E-state index contributed by atoms with van der Waals surface area (Å²) in [6.07, 6.45) is 2.52. The maximum Gasteiger partial charge on any atom is 0.291 e. The number of hydrogen-bond acceptors (Lipinski definition) is 3. The minimum Gasteiger partial charge on any atom is -0.444 e. The lowest BCUT2D eigenvalue weighted by Crippen LogP contribution is -2.35. The molecule has 0 bridgehead atoms. The molecule has 6 heteroatoms. The van der Waals surface area contributed by atoms with Crippen LogP contribution in [-0.2, 0) is 4.79 Å². The van der Waals surface area contributed by atoms with Crippen LogP contribution in [0.3, 0.4) is 0 Å². The highest BCUT2D eigenvalue weighted by atomic mass is 79.9. The van der Waals surface area contributed by atoms with Gasteiger partial charge >= 0.3 is 0 Å². The van der Waals surface area contributed by atoms with Gasteiger partial charge in [0.25, 0.3) is 5.91 Å². The van der Waals surface area contributed by atoms with E-state index in [-0.39, 0.29) is 17.6 Å². The minimum absolute atomic E-state index is 0.137. The van der Waals surface area contributed by atoms with Gasteiger partial charge in [-0.1, -0.05) is 6.07 Å². The van der Waals surface area contributed by atoms with E-state index in [0.717, 1.165) is 30.6 Å². The molecule has 0 saturated carbocycles. The fourth-order valence-corrected chi connectivity index (χ4v) is 2.97. The summed E-state index contributed by atoms with van der Waals surface area (Å²) in [6, 6.07) is 8.84. The molecular formula is C17H17BrN2O3. The second kappa shape index (κ2) is 6.58. The highest BCUT2D eigenvalue weighted by Crippen LogP contribution is 2.28. The van der Waals surface area contributed by atoms with Gasteiger partial charge in [-0.25, -0.2) is 0 Å². The Kier molecular flexibility index (Phi) is 4.52. The summed E-state index contributed by atoms with van der Waals surface area (Å²) in [5.74, 6) is 0.0429. The maximum atomic E-state index is 12.2. The molecule has 120 valence electrons. The topological polar surface area (TPSA) is 62.6 Å². The van der Waals surface area contributed by atoms with Crippen molar-refractivity contribution in [1.29, 1.82) is 0 Å². The molecule has 1 aromatic heterocycles. The molecule has 1 fully saturated rings. The van der Waals surface area contributed by atoms with Gasteiger partial charge in [0, 0.05) is 24.3 Å². The van der Waals surface area contributed by atoms with Crippen molar-refractivity contribution in [3.05, 3.63) is 46.3 Å². The smallest absolute Gasteiger partial charge is 0.291 e. The van der Waals surface area contributed by atoms with Gasteiger partial charge in [-0.2, -0.15) is 0 Å². The van der Waals surface area contributed by atoms with Crippen molar-refractivity contribution in [1.82, 2.24) is 0 Å². The number of hydrogen-bond donors (Lipinski definition) is 1. The maximum absolute atomic E-state index is 12.2. The van der Waals surface area contributed by atoms with Crippen LogP contribution in [0.2, 0.25) is 0 Å². The van der Waals surface area contributed by atoms with Gasteiger partial charge in [-0.3, -0.25) is 9.59 Å². The first-order chi connectivity index (χ1) is 11.0. The monoisotopic (exact) mass is 376 g/mol. The van der Waals surface area contributed by atoms with Crippen molar-refractivity contribution >= 4 is 39.1 Å². The number of aryl methyl sites for hydroxylation is 1. The number of piperidine rings is 1. The van der Waals surface area contributed by atoms with E-state index in [1.807, 2.05) is 25.1 Å². The first-order valence-electron chi connectivity index (χ1n) is 7.52. The number of benzene rings is 1. The quantitative estimate of drug-likeness (QED) is 0.875. The fraction of sp³-hybridized carbons (Fsp3) is 0.294. The molecule has 2 amide bonds. The van der Waals surface area contributed by atoms with Crippen molar-refractivity contribution in [3.8, 4) is 0 Å². The Bertz CT molecular complexity index is 754. The van der Waals surface area contributed by atoms with Gasteiger partial charge in [0.05, 0.1) is 0 Å². The van der Waals surface area contributed by atoms with Crippen LogP contribution >= 0.6 is 15.9 Å². The van der Waals surface area contributed by atoms with Crippen molar-refractivity contribution < 1.29 is 14.0 Å². The van der Waals surface area contributed by atoms with Crippen LogP contribution in [0.5, 0.6) is 0 Å². The number of rotatable bonds is 3. The van der Waals surface area contributed by atoms with Gasteiger partial charge in [-0.05, 0) is 65.5 Å². The summed E-state index contributed by atoms with van der Waals surface area (Å²) >= 11 is 3.17. The van der Waals surface area contributed by atoms with Crippen molar-refractivity contribution in [3.63, 3.8) is 0 Å². The molecule has 1 aliphatic rings. The first-order valence-corrected chi connectivity index (χ1v) is 8.31. The van der Waals surface area contributed by atoms with Crippen LogP contribution in [0.4, 0.5) is 11.4 Å². The number of nitrogens with one attached hydrogen (secondary N) is 1. The predicted molar refractivity (Wildman–Crippen MR) is 91.7 cm³/mol. The number of nitrogens with zero attached hydrogens (tertiary/aromatic N) is 1. The fourth-order valence-electron chi connectivity index (χ4n) is 2.67. The summed E-state index contributed by atoms with van der Waals surface area (Å²) in [5, 5.41) is 2.80. The average Bonchev–Trinajstić information content (AvgIpc) is 2.97. The molecule has 0 unspecified atom stereocenters. The van der Waals surface area contributed by atoms with Crippen LogP contribution in [-0.4, -0.2) is 18.4 Å². The molecule has 3 rings (SSSR count). The summed E-state index contributed by atoms with van der Waals surface area (Å²) in [6.45, 7) is 2.69. The highest BCUT2D eigenvalue weighted by Gasteiger charge is 2.21. The van der Waals surface area contributed by atoms with Crippen LogP contribution in [0.25, 0.3) is 0 Å². The Morgan fingerprint density at radius 3 is 2.78 bits per heavy atom. The Hall–Kier alpha value is -2.08. The van der Waals surface area contributed by atoms with E-state index in [4.69, 9.17) is 4.42 Å². The standard InChI is InChI=1S/C17H17BrN2O3/c1-11-5-6-12(19-17(22)14-7-8-15(18)23-14)10-13(11)20-9-3-2-4-16(20)21/h5-8,10H,2-4,9H2,1H3,(H,19,22). The lowest BCUT2D eigenvalue weighted by Gasteiger charge is -2.28. The van der Waals surface area contributed by atoms with Crippen molar-refractivity contribution in [2.24, 2.45) is 0 Å². The zero-order chi connectivity index (χ0) is 16.4. The third-order valence-electron chi connectivity index (χ3n) is 3.88. The molecular weight excluding hydrogens is 360 g/mol. The lowest BCUT2D eigenvalue weighted by molar-refractivity contribution is -0.119. The molecule has 0 spiro atoms. The van der Waals surface area contributed by atoms with Gasteiger partial charge in [-0.15, -0.1) is 0 Å². The van der Waals surface area contributed by atoms with Gasteiger partial charge in [0.15, 0.2) is 10.4 Å². The molecule has 0 radical (unpaired) electrons. The molecule has 2 heterocycles. The van der Waals surface area contributed by atoms with E-state index in [1.54, 1.807) is 17.0 Å². The van der Waals surface area contributed by atoms with E-state index >= 15 is 0 Å². The third kappa shape index (κ3) is 3.47. The summed E-state index contributed by atoms with van der Waals surface area (Å²) in [4.78, 5) is 26.1. The van der Waals surface area contributed by atoms with E-state index in [2.05, 4.69) is 21.2 Å². The van der Waals surface area contributed by atoms with Crippen molar-refractivity contribution in [2.75, 3.05) is 16.8 Å². The molecule has 1 N–H and O–H groups in total. The number of amides is 2. The average molecular weight is 377 g/mol. The SMILES string of the molecule is Cc1ccc(NC(=O)c2ccc(Br)o2)cc1N1CCCCC1=O. The van der Waals surface area contributed by atoms with E-state index in [9.17, 15) is 9.59 Å². The number of carbonyl (C=O) groups excluding carboxylic acids is 2. The molecule has 1 aromatic carbocycles. The largest absolute Gasteiger partial charge is 0.444 e. The van der Waals surface area contributed by atoms with Crippen LogP contribution in [0, 0.1) is 6.92 Å². The second-order valence-electron chi connectivity index (χ2n) is 5.56. The van der Waals surface area contributed by atoms with Gasteiger partial charge in [0.1, 0.15) is 0 Å². The van der Waals surface area contributed by atoms with E-state index in [0.29, 0.717) is 16.8 Å². The van der Waals surface area contributed by atoms with E-state index in [1.165, 1.54) is 0 Å². The molecule has 0 aliphatic carbocycles. The van der Waals surface area contributed by atoms with E-state index < -0.39 is 0 Å². The van der Waals surface area contributed by atoms with Crippen LogP contribution < -0.4 is 10.2 Å². The number of halogens is 1. The Balaban J connectivity index is 1.82. The number of furan rings is 1. The molecule has 23 heavy (non-hydrogen) atoms. The summed E-state index contributed by atoms with van der Waals surface area (Å²) in [7, 11) is 0. The Morgan fingerprint density at radius 1 is 1.26 bits per heavy atom. The normalized spacial score (nSPS) is 14.9. The van der Waals surface area contributed by atoms with Gasteiger partial charge in [0.2, 0.25) is 5.91 Å². The summed E-state index contributed by atoms with van der Waals surface area (Å²) < 4.78 is 5.75. The molecule has 5 nitrogen and oxygen atoms in total. The summed E-state index contributed by atoms with van der Waals surface area (Å²) in [5.41, 5.74) is 2.51. The molecule has 2 aromatic rings.